The number of aryl methyl sites for hydroxylation is 1. The molecule has 0 radical (unpaired) electrons. The Morgan fingerprint density at radius 1 is 0.864 bits per heavy atom. The van der Waals surface area contributed by atoms with Crippen LogP contribution in [0.5, 0.6) is 0 Å². The first-order valence-electron chi connectivity index (χ1n) is 8.60. The van der Waals surface area contributed by atoms with Gasteiger partial charge in [-0.2, -0.15) is 8.42 Å². The third kappa shape index (κ3) is 8.54. The maximum atomic E-state index is 11.1. The van der Waals surface area contributed by atoms with E-state index in [0.717, 1.165) is 18.4 Å². The van der Waals surface area contributed by atoms with Gasteiger partial charge < -0.3 is 0 Å². The Kier molecular flexibility index (Phi) is 9.41. The zero-order chi connectivity index (χ0) is 16.3. The first-order chi connectivity index (χ1) is 10.5. The molecule has 0 aliphatic carbocycles. The lowest BCUT2D eigenvalue weighted by molar-refractivity contribution is 0.483. The van der Waals surface area contributed by atoms with Gasteiger partial charge in [0.15, 0.2) is 0 Å². The molecule has 0 aliphatic rings. The predicted molar refractivity (Wildman–Crippen MR) is 91.8 cm³/mol. The van der Waals surface area contributed by atoms with E-state index in [2.05, 4.69) is 6.92 Å². The molecule has 0 heterocycles. The van der Waals surface area contributed by atoms with Crippen molar-refractivity contribution in [3.8, 4) is 0 Å². The molecule has 3 nitrogen and oxygen atoms in total. The Morgan fingerprint density at radius 2 is 1.41 bits per heavy atom. The van der Waals surface area contributed by atoms with Gasteiger partial charge in [-0.1, -0.05) is 76.8 Å². The van der Waals surface area contributed by atoms with E-state index in [9.17, 15) is 8.42 Å². The number of unbranched alkanes of at least 4 members (excludes halogenated alkanes) is 9. The molecule has 126 valence electrons. The molecule has 0 spiro atoms. The van der Waals surface area contributed by atoms with Gasteiger partial charge in [0.25, 0.3) is 10.1 Å². The van der Waals surface area contributed by atoms with Gasteiger partial charge in [0.2, 0.25) is 0 Å². The zero-order valence-corrected chi connectivity index (χ0v) is 14.6. The van der Waals surface area contributed by atoms with Crippen molar-refractivity contribution in [2.45, 2.75) is 82.4 Å². The third-order valence-corrected chi connectivity index (χ3v) is 4.86. The van der Waals surface area contributed by atoms with E-state index in [0.29, 0.717) is 0 Å². The van der Waals surface area contributed by atoms with Crippen LogP contribution in [0.1, 0.15) is 76.7 Å². The topological polar surface area (TPSA) is 54.4 Å². The van der Waals surface area contributed by atoms with Crippen LogP contribution in [0.25, 0.3) is 0 Å². The molecular formula is C18H30O3S. The Morgan fingerprint density at radius 3 is 1.95 bits per heavy atom. The second-order valence-corrected chi connectivity index (χ2v) is 7.48. The van der Waals surface area contributed by atoms with E-state index in [1.807, 2.05) is 6.07 Å². The van der Waals surface area contributed by atoms with Crippen LogP contribution in [0.4, 0.5) is 0 Å². The van der Waals surface area contributed by atoms with Crippen LogP contribution in [-0.4, -0.2) is 13.0 Å². The van der Waals surface area contributed by atoms with Crippen molar-refractivity contribution >= 4 is 10.1 Å². The van der Waals surface area contributed by atoms with Gasteiger partial charge in [0.05, 0.1) is 4.90 Å². The maximum absolute atomic E-state index is 11.1. The summed E-state index contributed by atoms with van der Waals surface area (Å²) in [5, 5.41) is 0. The van der Waals surface area contributed by atoms with Crippen molar-refractivity contribution in [3.63, 3.8) is 0 Å². The van der Waals surface area contributed by atoms with Crippen molar-refractivity contribution < 1.29 is 13.0 Å². The minimum absolute atomic E-state index is 0.00270. The van der Waals surface area contributed by atoms with Crippen molar-refractivity contribution in [1.82, 2.24) is 0 Å². The summed E-state index contributed by atoms with van der Waals surface area (Å²) >= 11 is 0. The number of hydrogen-bond acceptors (Lipinski definition) is 2. The highest BCUT2D eigenvalue weighted by atomic mass is 32.2. The summed E-state index contributed by atoms with van der Waals surface area (Å²) in [6.07, 6.45) is 13.8. The second kappa shape index (κ2) is 10.8. The lowest BCUT2D eigenvalue weighted by Crippen LogP contribution is -1.98. The van der Waals surface area contributed by atoms with E-state index < -0.39 is 10.1 Å². The third-order valence-electron chi connectivity index (χ3n) is 4.02. The largest absolute Gasteiger partial charge is 0.294 e. The smallest absolute Gasteiger partial charge is 0.282 e. The molecule has 1 N–H and O–H groups in total. The lowest BCUT2D eigenvalue weighted by Gasteiger charge is -2.04. The Labute approximate surface area is 135 Å². The summed E-state index contributed by atoms with van der Waals surface area (Å²) in [7, 11) is -4.08. The van der Waals surface area contributed by atoms with Crippen molar-refractivity contribution in [3.05, 3.63) is 29.8 Å². The highest BCUT2D eigenvalue weighted by Crippen LogP contribution is 2.15. The van der Waals surface area contributed by atoms with Crippen molar-refractivity contribution in [2.24, 2.45) is 0 Å². The van der Waals surface area contributed by atoms with E-state index in [1.165, 1.54) is 63.9 Å². The van der Waals surface area contributed by atoms with Crippen LogP contribution in [0, 0.1) is 0 Å². The first kappa shape index (κ1) is 19.2. The quantitative estimate of drug-likeness (QED) is 0.413. The van der Waals surface area contributed by atoms with Crippen molar-refractivity contribution in [1.29, 1.82) is 0 Å². The van der Waals surface area contributed by atoms with Crippen LogP contribution >= 0.6 is 0 Å². The molecule has 0 saturated heterocycles. The van der Waals surface area contributed by atoms with E-state index in [4.69, 9.17) is 4.55 Å². The molecule has 0 bridgehead atoms. The number of benzene rings is 1. The zero-order valence-electron chi connectivity index (χ0n) is 13.8. The molecule has 1 aromatic rings. The predicted octanol–water partition coefficient (Wildman–Crippen LogP) is 5.40. The van der Waals surface area contributed by atoms with Gasteiger partial charge in [-0.15, -0.1) is 0 Å². The molecular weight excluding hydrogens is 296 g/mol. The summed E-state index contributed by atoms with van der Waals surface area (Å²) in [6.45, 7) is 2.24. The average Bonchev–Trinajstić information content (AvgIpc) is 2.49. The Balaban J connectivity index is 2.10. The van der Waals surface area contributed by atoms with Crippen LogP contribution in [-0.2, 0) is 16.5 Å². The fourth-order valence-corrected chi connectivity index (χ4v) is 3.23. The van der Waals surface area contributed by atoms with Crippen LogP contribution in [0.3, 0.4) is 0 Å². The number of hydrogen-bond donors (Lipinski definition) is 1. The Bertz CT molecular complexity index is 509. The molecule has 0 aromatic heterocycles. The molecule has 0 unspecified atom stereocenters. The molecule has 0 fully saturated rings. The van der Waals surface area contributed by atoms with Gasteiger partial charge in [0, 0.05) is 0 Å². The molecule has 1 rings (SSSR count). The SMILES string of the molecule is CCCCCCCCCCCCc1cccc(S(=O)(=O)O)c1. The normalized spacial score (nSPS) is 11.7. The molecule has 1 aromatic carbocycles. The van der Waals surface area contributed by atoms with Crippen LogP contribution < -0.4 is 0 Å². The minimum Gasteiger partial charge on any atom is -0.282 e. The fourth-order valence-electron chi connectivity index (χ4n) is 2.68. The molecule has 22 heavy (non-hydrogen) atoms. The second-order valence-electron chi connectivity index (χ2n) is 6.05. The summed E-state index contributed by atoms with van der Waals surface area (Å²) in [6, 6.07) is 6.61. The Hall–Kier alpha value is -0.870. The molecule has 0 saturated carbocycles. The van der Waals surface area contributed by atoms with Gasteiger partial charge in [0.1, 0.15) is 0 Å². The monoisotopic (exact) mass is 326 g/mol. The van der Waals surface area contributed by atoms with E-state index in [1.54, 1.807) is 12.1 Å². The first-order valence-corrected chi connectivity index (χ1v) is 10.0. The molecule has 0 aliphatic heterocycles. The number of rotatable bonds is 12. The van der Waals surface area contributed by atoms with Gasteiger partial charge >= 0.3 is 0 Å². The van der Waals surface area contributed by atoms with Gasteiger partial charge in [-0.3, -0.25) is 4.55 Å². The van der Waals surface area contributed by atoms with E-state index in [-0.39, 0.29) is 4.90 Å². The average molecular weight is 327 g/mol. The highest BCUT2D eigenvalue weighted by molar-refractivity contribution is 7.85. The summed E-state index contributed by atoms with van der Waals surface area (Å²) < 4.78 is 31.2. The molecule has 0 atom stereocenters. The highest BCUT2D eigenvalue weighted by Gasteiger charge is 2.09. The summed E-state index contributed by atoms with van der Waals surface area (Å²) in [5.41, 5.74) is 0.981. The fraction of sp³-hybridized carbons (Fsp3) is 0.667. The minimum atomic E-state index is -4.08. The van der Waals surface area contributed by atoms with Gasteiger partial charge in [-0.05, 0) is 30.5 Å². The van der Waals surface area contributed by atoms with Gasteiger partial charge in [-0.25, -0.2) is 0 Å². The van der Waals surface area contributed by atoms with Crippen LogP contribution in [0.15, 0.2) is 29.2 Å². The maximum Gasteiger partial charge on any atom is 0.294 e. The molecule has 0 amide bonds. The standard InChI is InChI=1S/C18H30O3S/c1-2-3-4-5-6-7-8-9-10-11-13-17-14-12-15-18(16-17)22(19,20)21/h12,14-16H,2-11,13H2,1H3,(H,19,20,21). The summed E-state index contributed by atoms with van der Waals surface area (Å²) in [5.74, 6) is 0. The van der Waals surface area contributed by atoms with Crippen molar-refractivity contribution in [2.75, 3.05) is 0 Å². The lowest BCUT2D eigenvalue weighted by atomic mass is 10.0. The van der Waals surface area contributed by atoms with Crippen LogP contribution in [0.2, 0.25) is 0 Å². The molecule has 4 heteroatoms. The summed E-state index contributed by atoms with van der Waals surface area (Å²) in [4.78, 5) is -0.00270. The van der Waals surface area contributed by atoms with E-state index >= 15 is 0 Å².